The number of rotatable bonds is 16. The highest BCUT2D eigenvalue weighted by Gasteiger charge is 2.62. The molecule has 0 saturated heterocycles. The summed E-state index contributed by atoms with van der Waals surface area (Å²) in [6.07, 6.45) is -16.9. The van der Waals surface area contributed by atoms with Crippen molar-refractivity contribution >= 4 is 76.8 Å². The van der Waals surface area contributed by atoms with Gasteiger partial charge in [0.2, 0.25) is 6.80 Å². The van der Waals surface area contributed by atoms with Crippen molar-refractivity contribution in [3.05, 3.63) is 191 Å². The fourth-order valence-electron chi connectivity index (χ4n) is 12.7. The van der Waals surface area contributed by atoms with E-state index in [-0.39, 0.29) is 12.6 Å². The topological polar surface area (TPSA) is 4.44 Å². The number of unbranched alkanes of at least 4 members (excludes halogenated alkanes) is 3. The molecular formula is C63H37BF33N. The Morgan fingerprint density at radius 3 is 0.776 bits per heavy atom. The summed E-state index contributed by atoms with van der Waals surface area (Å²) in [4.78, 5) is -0.494. The second-order valence-electron chi connectivity index (χ2n) is 21.9. The Balaban J connectivity index is 0.000000413. The van der Waals surface area contributed by atoms with E-state index in [1.807, 2.05) is 6.92 Å². The molecule has 0 aliphatic rings. The van der Waals surface area contributed by atoms with Crippen LogP contribution in [0.5, 0.6) is 0 Å². The molecule has 0 spiro atoms. The van der Waals surface area contributed by atoms with Crippen molar-refractivity contribution in [1.29, 1.82) is 0 Å². The predicted molar refractivity (Wildman–Crippen MR) is 288 cm³/mol. The Morgan fingerprint density at radius 1 is 0.296 bits per heavy atom. The van der Waals surface area contributed by atoms with E-state index in [0.717, 1.165) is 12.8 Å². The van der Waals surface area contributed by atoms with Crippen LogP contribution < -0.4 is 26.8 Å². The monoisotopic (exact) mass is 1450 g/mol. The third-order valence-corrected chi connectivity index (χ3v) is 17.0. The van der Waals surface area contributed by atoms with Crippen molar-refractivity contribution in [3.63, 3.8) is 0 Å². The summed E-state index contributed by atoms with van der Waals surface area (Å²) in [5.74, 6) is -87.8. The van der Waals surface area contributed by atoms with Gasteiger partial charge in [0.05, 0.1) is 28.1 Å². The van der Waals surface area contributed by atoms with Crippen LogP contribution in [0.4, 0.5) is 151 Å². The van der Waals surface area contributed by atoms with E-state index in [9.17, 15) is 39.5 Å². The van der Waals surface area contributed by atoms with Crippen molar-refractivity contribution in [2.75, 3.05) is 13.3 Å². The van der Waals surface area contributed by atoms with E-state index < -0.39 is 311 Å². The molecule has 0 fully saturated rings. The Labute approximate surface area is 527 Å². The lowest BCUT2D eigenvalue weighted by molar-refractivity contribution is -0.848. The maximum Gasteiger partial charge on any atom is 0.458 e. The molecule has 0 aliphatic carbocycles. The quantitative estimate of drug-likeness (QED) is 0.0246. The SMILES string of the molecule is CCCCCC[NH+](CF)c1cc(F)c(F)c(C(F)(F)C(F)(F)F)c1F.CCc1c(F)c(F)c(F)c2c(F)c(F)c(F)c([B-](c3c(F)c(F)c(F)c4c(F)c(F)c(F)c(CC)c34)(c3c(F)c(F)c(F)c4c(F)c(F)c(F)c(CC)c34)c3c(F)c(F)c(F)c4c(F)c(F)c(F)c(CC)c34)c12. The van der Waals surface area contributed by atoms with Crippen LogP contribution in [0.15, 0.2) is 6.07 Å². The third-order valence-electron chi connectivity index (χ3n) is 17.0. The summed E-state index contributed by atoms with van der Waals surface area (Å²) in [6, 6.07) is 0.107. The average molecular weight is 1450 g/mol. The number of fused-ring (bicyclic) bond motifs is 4. The molecule has 0 aliphatic heterocycles. The summed E-state index contributed by atoms with van der Waals surface area (Å²) >= 11 is 0. The number of hydrogen-bond donors (Lipinski definition) is 1. The summed E-state index contributed by atoms with van der Waals surface area (Å²) in [6.45, 7) is 2.75. The Hall–Kier alpha value is -8.27. The summed E-state index contributed by atoms with van der Waals surface area (Å²) < 4.78 is 517. The van der Waals surface area contributed by atoms with Gasteiger partial charge in [0, 0.05) is 6.07 Å². The zero-order chi connectivity index (χ0) is 73.8. The summed E-state index contributed by atoms with van der Waals surface area (Å²) in [5, 5.41) is -19.9. The van der Waals surface area contributed by atoms with Gasteiger partial charge in [-0.2, -0.15) is 30.7 Å². The van der Waals surface area contributed by atoms with Crippen LogP contribution >= 0.6 is 0 Å². The molecule has 0 amide bonds. The number of aryl methyl sites for hydroxylation is 4. The van der Waals surface area contributed by atoms with Crippen LogP contribution in [0, 0.1) is 157 Å². The maximum absolute atomic E-state index is 18.1. The molecule has 1 nitrogen and oxygen atoms in total. The number of nitrogens with one attached hydrogen (secondary N) is 1. The molecule has 98 heavy (non-hydrogen) atoms. The van der Waals surface area contributed by atoms with Crippen LogP contribution in [0.25, 0.3) is 43.1 Å². The van der Waals surface area contributed by atoms with Crippen molar-refractivity contribution in [2.24, 2.45) is 0 Å². The van der Waals surface area contributed by atoms with Gasteiger partial charge >= 0.3 is 12.1 Å². The number of hydrogen-bond acceptors (Lipinski definition) is 0. The molecule has 528 valence electrons. The lowest BCUT2D eigenvalue weighted by atomic mass is 9.11. The molecule has 1 unspecified atom stereocenters. The first-order chi connectivity index (χ1) is 45.6. The van der Waals surface area contributed by atoms with Gasteiger partial charge in [-0.05, 0) is 82.3 Å². The van der Waals surface area contributed by atoms with Gasteiger partial charge in [0.25, 0.3) is 0 Å². The smallest absolute Gasteiger partial charge is 0.273 e. The lowest BCUT2D eigenvalue weighted by Gasteiger charge is -2.48. The van der Waals surface area contributed by atoms with Crippen molar-refractivity contribution in [3.8, 4) is 0 Å². The first-order valence-electron chi connectivity index (χ1n) is 28.5. The fraction of sp³-hybridized carbons (Fsp3) is 0.270. The van der Waals surface area contributed by atoms with Crippen molar-refractivity contribution < 1.29 is 150 Å². The van der Waals surface area contributed by atoms with Crippen molar-refractivity contribution in [2.45, 2.75) is 98.1 Å². The second-order valence-corrected chi connectivity index (χ2v) is 21.9. The molecule has 0 bridgehead atoms. The molecule has 9 rings (SSSR count). The first-order valence-corrected chi connectivity index (χ1v) is 28.5. The second kappa shape index (κ2) is 27.1. The number of benzene rings is 9. The van der Waals surface area contributed by atoms with E-state index in [1.165, 1.54) is 0 Å². The van der Waals surface area contributed by atoms with Crippen molar-refractivity contribution in [1.82, 2.24) is 0 Å². The Morgan fingerprint density at radius 2 is 0.551 bits per heavy atom. The minimum absolute atomic E-state index is 0.107. The largest absolute Gasteiger partial charge is 0.458 e. The summed E-state index contributed by atoms with van der Waals surface area (Å²) in [5.41, 5.74) is -23.3. The van der Waals surface area contributed by atoms with E-state index in [1.54, 1.807) is 0 Å². The Kier molecular flexibility index (Phi) is 20.9. The van der Waals surface area contributed by atoms with E-state index in [4.69, 9.17) is 0 Å². The first kappa shape index (κ1) is 75.5. The van der Waals surface area contributed by atoms with Crippen LogP contribution in [0.1, 0.15) is 88.1 Å². The molecule has 1 atom stereocenters. The fourth-order valence-corrected chi connectivity index (χ4v) is 12.7. The molecule has 0 aromatic heterocycles. The molecule has 1 N–H and O–H groups in total. The number of halogens is 33. The van der Waals surface area contributed by atoms with Gasteiger partial charge in [0.15, 0.2) is 139 Å². The number of quaternary nitrogens is 1. The highest BCUT2D eigenvalue weighted by molar-refractivity contribution is 7.23. The van der Waals surface area contributed by atoms with Gasteiger partial charge in [-0.15, -0.1) is 21.9 Å². The summed E-state index contributed by atoms with van der Waals surface area (Å²) in [7, 11) is 0. The van der Waals surface area contributed by atoms with Gasteiger partial charge < -0.3 is 0 Å². The number of alkyl halides is 6. The van der Waals surface area contributed by atoms with E-state index in [2.05, 4.69) is 0 Å². The normalized spacial score (nSPS) is 12.8. The zero-order valence-electron chi connectivity index (χ0n) is 49.7. The molecule has 9 aromatic rings. The third kappa shape index (κ3) is 10.8. The molecule has 0 saturated carbocycles. The van der Waals surface area contributed by atoms with Crippen LogP contribution in [0.2, 0.25) is 0 Å². The van der Waals surface area contributed by atoms with Crippen LogP contribution in [0.3, 0.4) is 0 Å². The van der Waals surface area contributed by atoms with Gasteiger partial charge in [-0.3, -0.25) is 4.90 Å². The highest BCUT2D eigenvalue weighted by Crippen LogP contribution is 2.48. The predicted octanol–water partition coefficient (Wildman–Crippen LogP) is 18.0. The molecular weight excluding hydrogens is 1410 g/mol. The molecule has 0 heterocycles. The van der Waals surface area contributed by atoms with Gasteiger partial charge in [-0.25, -0.2) is 114 Å². The minimum Gasteiger partial charge on any atom is -0.273 e. The van der Waals surface area contributed by atoms with Gasteiger partial charge in [-0.1, -0.05) is 47.5 Å². The van der Waals surface area contributed by atoms with Gasteiger partial charge in [0.1, 0.15) is 35.0 Å². The maximum atomic E-state index is 18.1. The lowest BCUT2D eigenvalue weighted by Crippen LogP contribution is -3.07. The molecule has 35 heteroatoms. The highest BCUT2D eigenvalue weighted by atomic mass is 19.4. The minimum atomic E-state index is -7.12. The standard InChI is InChI=1S/C48H20BF24.C15H16F9N/c1-5-9-13-17(29(54)41(66)25(9)50)33(58)45(70)37(62)21(13)49(22-14-10(6-2)26(51)42(67)30(55)18(14)34(59)46(71)38(22)63,23-15-11(7-3)27(52)43(68)31(56)19(15)35(60)47(72)39(23)64)24-16-12(8-4)28(53)44(69)32(57)20(16)36(61)48(73)40(24)65;1-2-3-4-5-6-25(8-16)10-7-9(17)12(18)11(13(10)19)14(20,21)15(22,23)24/h5-8H2,1-4H3;7H,2-6,8H2,1H3/q-1;/p+1. The molecule has 9 aromatic carbocycles. The molecule has 0 radical (unpaired) electrons. The van der Waals surface area contributed by atoms with E-state index in [0.29, 0.717) is 40.5 Å². The zero-order valence-corrected chi connectivity index (χ0v) is 49.7. The van der Waals surface area contributed by atoms with Crippen LogP contribution in [-0.2, 0) is 31.6 Å². The Bertz CT molecular complexity index is 4300. The average Bonchev–Trinajstić information content (AvgIpc) is 0.661. The van der Waals surface area contributed by atoms with Crippen LogP contribution in [-0.4, -0.2) is 25.7 Å². The van der Waals surface area contributed by atoms with E-state index >= 15 is 105 Å².